The van der Waals surface area contributed by atoms with E-state index in [4.69, 9.17) is 14.8 Å². The van der Waals surface area contributed by atoms with Crippen LogP contribution in [0, 0.1) is 20.8 Å². The summed E-state index contributed by atoms with van der Waals surface area (Å²) in [4.78, 5) is 9.09. The summed E-state index contributed by atoms with van der Waals surface area (Å²) in [6.07, 6.45) is 6.03. The highest BCUT2D eigenvalue weighted by Gasteiger charge is 2.21. The standard InChI is InChI=1S/C35H37N5O/c1-23-17-24(2)33(25(3)18-23)34-30-12-11-29(41-28-10-8-9-27(20-28)39-16-15-38(7)22-39)21-31(30)40(37-34)32-19-26(13-14-36-32)35(4,5)6/h8-21H,22H2,1-7H3. The molecule has 2 aromatic heterocycles. The molecule has 41 heavy (non-hydrogen) atoms. The highest BCUT2D eigenvalue weighted by molar-refractivity contribution is 5.96. The minimum absolute atomic E-state index is 0.00770. The van der Waals surface area contributed by atoms with E-state index in [1.54, 1.807) is 0 Å². The number of ether oxygens (including phenoxy) is 1. The maximum absolute atomic E-state index is 6.43. The Hall–Kier alpha value is -4.58. The predicted octanol–water partition coefficient (Wildman–Crippen LogP) is 8.28. The molecule has 0 amide bonds. The van der Waals surface area contributed by atoms with Crippen LogP contribution in [0.1, 0.15) is 43.0 Å². The Balaban J connectivity index is 1.47. The molecule has 0 spiro atoms. The van der Waals surface area contributed by atoms with E-state index in [-0.39, 0.29) is 5.41 Å². The van der Waals surface area contributed by atoms with Gasteiger partial charge in [0.2, 0.25) is 0 Å². The van der Waals surface area contributed by atoms with Gasteiger partial charge in [0.15, 0.2) is 5.82 Å². The molecule has 0 atom stereocenters. The third-order valence-electron chi connectivity index (χ3n) is 7.66. The lowest BCUT2D eigenvalue weighted by atomic mass is 9.88. The zero-order valence-corrected chi connectivity index (χ0v) is 24.9. The summed E-state index contributed by atoms with van der Waals surface area (Å²) in [5, 5.41) is 6.27. The number of hydrogen-bond donors (Lipinski definition) is 0. The summed E-state index contributed by atoms with van der Waals surface area (Å²) in [5.41, 5.74) is 9.04. The van der Waals surface area contributed by atoms with E-state index in [0.717, 1.165) is 51.8 Å². The van der Waals surface area contributed by atoms with Gasteiger partial charge in [0.1, 0.15) is 17.2 Å². The molecule has 3 aromatic carbocycles. The minimum atomic E-state index is -0.00770. The lowest BCUT2D eigenvalue weighted by Crippen LogP contribution is -2.21. The first-order valence-electron chi connectivity index (χ1n) is 14.1. The maximum Gasteiger partial charge on any atom is 0.154 e. The largest absolute Gasteiger partial charge is 0.457 e. The number of anilines is 1. The molecule has 5 aromatic rings. The second-order valence-electron chi connectivity index (χ2n) is 12.1. The highest BCUT2D eigenvalue weighted by atomic mass is 16.5. The van der Waals surface area contributed by atoms with Crippen LogP contribution >= 0.6 is 0 Å². The number of aromatic nitrogens is 3. The van der Waals surface area contributed by atoms with Crippen molar-refractivity contribution in [2.45, 2.75) is 47.0 Å². The molecule has 0 N–H and O–H groups in total. The third kappa shape index (κ3) is 5.18. The molecule has 0 bridgehead atoms. The first-order valence-corrected chi connectivity index (χ1v) is 14.1. The summed E-state index contributed by atoms with van der Waals surface area (Å²) in [5.74, 6) is 2.33. The van der Waals surface area contributed by atoms with Gasteiger partial charge in [-0.05, 0) is 79.3 Å². The number of benzene rings is 3. The van der Waals surface area contributed by atoms with E-state index in [2.05, 4.69) is 119 Å². The van der Waals surface area contributed by atoms with Crippen LogP contribution in [0.2, 0.25) is 0 Å². The summed E-state index contributed by atoms with van der Waals surface area (Å²) >= 11 is 0. The van der Waals surface area contributed by atoms with Gasteiger partial charge in [0.05, 0.1) is 12.2 Å². The third-order valence-corrected chi connectivity index (χ3v) is 7.66. The molecular weight excluding hydrogens is 506 g/mol. The number of hydrogen-bond acceptors (Lipinski definition) is 5. The van der Waals surface area contributed by atoms with Crippen LogP contribution in [0.15, 0.2) is 85.3 Å². The zero-order chi connectivity index (χ0) is 28.9. The molecule has 0 unspecified atom stereocenters. The molecule has 0 saturated heterocycles. The van der Waals surface area contributed by atoms with Crippen molar-refractivity contribution in [2.75, 3.05) is 18.6 Å². The van der Waals surface area contributed by atoms with Crippen molar-refractivity contribution >= 4 is 16.6 Å². The van der Waals surface area contributed by atoms with Crippen LogP contribution in [0.25, 0.3) is 28.0 Å². The van der Waals surface area contributed by atoms with Gasteiger partial charge in [-0.1, -0.05) is 44.5 Å². The normalized spacial score (nSPS) is 13.4. The van der Waals surface area contributed by atoms with E-state index in [1.165, 1.54) is 22.3 Å². The van der Waals surface area contributed by atoms with Crippen molar-refractivity contribution in [3.8, 4) is 28.6 Å². The highest BCUT2D eigenvalue weighted by Crippen LogP contribution is 2.37. The van der Waals surface area contributed by atoms with Crippen LogP contribution in [-0.4, -0.2) is 33.4 Å². The quantitative estimate of drug-likeness (QED) is 0.223. The fourth-order valence-corrected chi connectivity index (χ4v) is 5.63. The summed E-state index contributed by atoms with van der Waals surface area (Å²) < 4.78 is 8.40. The molecule has 1 aliphatic heterocycles. The van der Waals surface area contributed by atoms with Crippen molar-refractivity contribution in [1.29, 1.82) is 0 Å². The molecule has 6 nitrogen and oxygen atoms in total. The Bertz CT molecular complexity index is 1770. The molecule has 6 rings (SSSR count). The van der Waals surface area contributed by atoms with E-state index >= 15 is 0 Å². The Kier molecular flexibility index (Phi) is 6.57. The molecule has 6 heteroatoms. The molecular formula is C35H37N5O. The van der Waals surface area contributed by atoms with Crippen LogP contribution in [-0.2, 0) is 5.41 Å². The lowest BCUT2D eigenvalue weighted by molar-refractivity contribution is 0.481. The molecule has 0 radical (unpaired) electrons. The second kappa shape index (κ2) is 10.1. The number of aryl methyl sites for hydroxylation is 3. The summed E-state index contributed by atoms with van der Waals surface area (Å²) in [7, 11) is 2.06. The maximum atomic E-state index is 6.43. The van der Waals surface area contributed by atoms with Gasteiger partial charge >= 0.3 is 0 Å². The predicted molar refractivity (Wildman–Crippen MR) is 168 cm³/mol. The lowest BCUT2D eigenvalue weighted by Gasteiger charge is -2.19. The summed E-state index contributed by atoms with van der Waals surface area (Å²) in [6.45, 7) is 13.9. The Morgan fingerprint density at radius 2 is 1.59 bits per heavy atom. The molecule has 1 aliphatic rings. The van der Waals surface area contributed by atoms with Crippen LogP contribution in [0.5, 0.6) is 11.5 Å². The van der Waals surface area contributed by atoms with Crippen molar-refractivity contribution in [1.82, 2.24) is 19.7 Å². The molecule has 3 heterocycles. The van der Waals surface area contributed by atoms with Crippen molar-refractivity contribution < 1.29 is 4.74 Å². The van der Waals surface area contributed by atoms with E-state index < -0.39 is 0 Å². The first kappa shape index (κ1) is 26.6. The number of fused-ring (bicyclic) bond motifs is 1. The number of nitrogens with zero attached hydrogens (tertiary/aromatic N) is 5. The Morgan fingerprint density at radius 1 is 0.829 bits per heavy atom. The zero-order valence-electron chi connectivity index (χ0n) is 24.9. The van der Waals surface area contributed by atoms with Crippen LogP contribution in [0.3, 0.4) is 0 Å². The van der Waals surface area contributed by atoms with Gasteiger partial charge in [0, 0.05) is 54.4 Å². The van der Waals surface area contributed by atoms with Gasteiger partial charge in [-0.3, -0.25) is 0 Å². The average Bonchev–Trinajstić information content (AvgIpc) is 3.52. The fourth-order valence-electron chi connectivity index (χ4n) is 5.63. The van der Waals surface area contributed by atoms with Crippen LogP contribution < -0.4 is 9.64 Å². The Labute approximate surface area is 242 Å². The van der Waals surface area contributed by atoms with Gasteiger partial charge in [0.25, 0.3) is 0 Å². The monoisotopic (exact) mass is 543 g/mol. The molecule has 0 saturated carbocycles. The van der Waals surface area contributed by atoms with Crippen LogP contribution in [0.4, 0.5) is 5.69 Å². The van der Waals surface area contributed by atoms with Gasteiger partial charge in [-0.25, -0.2) is 9.67 Å². The van der Waals surface area contributed by atoms with E-state index in [9.17, 15) is 0 Å². The van der Waals surface area contributed by atoms with Crippen molar-refractivity contribution in [3.05, 3.63) is 108 Å². The van der Waals surface area contributed by atoms with Crippen molar-refractivity contribution in [2.24, 2.45) is 0 Å². The molecule has 0 aliphatic carbocycles. The average molecular weight is 544 g/mol. The summed E-state index contributed by atoms with van der Waals surface area (Å²) in [6, 6.07) is 23.1. The first-order chi connectivity index (χ1) is 19.6. The Morgan fingerprint density at radius 3 is 2.29 bits per heavy atom. The number of pyridine rings is 1. The van der Waals surface area contributed by atoms with E-state index in [0.29, 0.717) is 0 Å². The second-order valence-corrected chi connectivity index (χ2v) is 12.1. The SMILES string of the molecule is Cc1cc(C)c(-c2nn(-c3cc(C(C)(C)C)ccn3)c3cc(Oc4cccc(N5C=CN(C)C5)c4)ccc23)c(C)c1. The van der Waals surface area contributed by atoms with Crippen molar-refractivity contribution in [3.63, 3.8) is 0 Å². The van der Waals surface area contributed by atoms with Gasteiger partial charge in [-0.2, -0.15) is 5.10 Å². The minimum Gasteiger partial charge on any atom is -0.457 e. The van der Waals surface area contributed by atoms with Gasteiger partial charge in [-0.15, -0.1) is 0 Å². The fraction of sp³-hybridized carbons (Fsp3) is 0.257. The smallest absolute Gasteiger partial charge is 0.154 e. The molecule has 0 fully saturated rings. The van der Waals surface area contributed by atoms with Gasteiger partial charge < -0.3 is 14.5 Å². The van der Waals surface area contributed by atoms with E-state index in [1.807, 2.05) is 29.1 Å². The topological polar surface area (TPSA) is 46.4 Å². The molecule has 208 valence electrons. The number of rotatable bonds is 5.